The molecule has 0 atom stereocenters. The van der Waals surface area contributed by atoms with E-state index in [2.05, 4.69) is 0 Å². The molecule has 0 aliphatic heterocycles. The molecule has 0 unspecified atom stereocenters. The summed E-state index contributed by atoms with van der Waals surface area (Å²) >= 11 is 7.43. The van der Waals surface area contributed by atoms with Crippen LogP contribution in [0.3, 0.4) is 0 Å². The molecule has 0 radical (unpaired) electrons. The molecule has 1 fully saturated rings. The average molecular weight is 231 g/mol. The third kappa shape index (κ3) is 1.66. The SMILES string of the molecule is O=C(O)CC1(c2cc(Cl)cs2)CCC1. The van der Waals surface area contributed by atoms with Crippen molar-refractivity contribution in [3.63, 3.8) is 0 Å². The highest BCUT2D eigenvalue weighted by atomic mass is 35.5. The van der Waals surface area contributed by atoms with Crippen molar-refractivity contribution in [1.82, 2.24) is 0 Å². The Morgan fingerprint density at radius 2 is 2.36 bits per heavy atom. The van der Waals surface area contributed by atoms with Crippen LogP contribution in [-0.2, 0) is 10.2 Å². The molecule has 0 spiro atoms. The maximum Gasteiger partial charge on any atom is 0.304 e. The Labute approximate surface area is 91.5 Å². The molecule has 0 bridgehead atoms. The Morgan fingerprint density at radius 1 is 1.64 bits per heavy atom. The minimum atomic E-state index is -0.714. The summed E-state index contributed by atoms with van der Waals surface area (Å²) < 4.78 is 0. The van der Waals surface area contributed by atoms with E-state index >= 15 is 0 Å². The Balaban J connectivity index is 2.24. The lowest BCUT2D eigenvalue weighted by Crippen LogP contribution is -2.35. The van der Waals surface area contributed by atoms with Crippen LogP contribution in [0.25, 0.3) is 0 Å². The van der Waals surface area contributed by atoms with Crippen LogP contribution >= 0.6 is 22.9 Å². The van der Waals surface area contributed by atoms with Gasteiger partial charge in [0.25, 0.3) is 0 Å². The third-order valence-electron chi connectivity index (χ3n) is 2.89. The maximum absolute atomic E-state index is 10.8. The van der Waals surface area contributed by atoms with Crippen LogP contribution in [0.15, 0.2) is 11.4 Å². The number of carboxylic acids is 1. The van der Waals surface area contributed by atoms with Gasteiger partial charge in [-0.2, -0.15) is 0 Å². The van der Waals surface area contributed by atoms with E-state index in [9.17, 15) is 4.79 Å². The maximum atomic E-state index is 10.8. The molecule has 14 heavy (non-hydrogen) atoms. The van der Waals surface area contributed by atoms with Gasteiger partial charge in [0.1, 0.15) is 0 Å². The van der Waals surface area contributed by atoms with Crippen LogP contribution in [0.4, 0.5) is 0 Å². The minimum Gasteiger partial charge on any atom is -0.481 e. The number of carboxylic acid groups (broad SMARTS) is 1. The summed E-state index contributed by atoms with van der Waals surface area (Å²) in [6.45, 7) is 0. The van der Waals surface area contributed by atoms with Gasteiger partial charge in [-0.15, -0.1) is 11.3 Å². The summed E-state index contributed by atoms with van der Waals surface area (Å²) in [5, 5.41) is 11.5. The zero-order chi connectivity index (χ0) is 10.2. The fourth-order valence-electron chi connectivity index (χ4n) is 1.99. The van der Waals surface area contributed by atoms with Crippen LogP contribution in [-0.4, -0.2) is 11.1 Å². The molecular formula is C10H11ClO2S. The van der Waals surface area contributed by atoms with E-state index in [0.29, 0.717) is 0 Å². The summed E-state index contributed by atoms with van der Waals surface area (Å²) in [4.78, 5) is 11.9. The number of rotatable bonds is 3. The van der Waals surface area contributed by atoms with Crippen LogP contribution in [0, 0.1) is 0 Å². The van der Waals surface area contributed by atoms with Crippen molar-refractivity contribution in [3.8, 4) is 0 Å². The predicted molar refractivity (Wildman–Crippen MR) is 57.1 cm³/mol. The average Bonchev–Trinajstić information content (AvgIpc) is 2.44. The van der Waals surface area contributed by atoms with E-state index in [4.69, 9.17) is 16.7 Å². The molecule has 2 nitrogen and oxygen atoms in total. The lowest BCUT2D eigenvalue weighted by molar-refractivity contribution is -0.139. The molecule has 2 rings (SSSR count). The van der Waals surface area contributed by atoms with Crippen LogP contribution < -0.4 is 0 Å². The Bertz CT molecular complexity index is 355. The van der Waals surface area contributed by atoms with Crippen LogP contribution in [0.1, 0.15) is 30.6 Å². The molecule has 1 N–H and O–H groups in total. The largest absolute Gasteiger partial charge is 0.481 e. The number of hydrogen-bond donors (Lipinski definition) is 1. The van der Waals surface area contributed by atoms with Crippen molar-refractivity contribution >= 4 is 28.9 Å². The van der Waals surface area contributed by atoms with Gasteiger partial charge >= 0.3 is 5.97 Å². The van der Waals surface area contributed by atoms with Crippen molar-refractivity contribution in [2.75, 3.05) is 0 Å². The van der Waals surface area contributed by atoms with Gasteiger partial charge in [-0.25, -0.2) is 0 Å². The third-order valence-corrected chi connectivity index (χ3v) is 4.41. The summed E-state index contributed by atoms with van der Waals surface area (Å²) in [6.07, 6.45) is 3.33. The summed E-state index contributed by atoms with van der Waals surface area (Å²) in [5.74, 6) is -0.714. The Hall–Kier alpha value is -0.540. The van der Waals surface area contributed by atoms with Gasteiger partial charge in [0.05, 0.1) is 11.4 Å². The van der Waals surface area contributed by atoms with E-state index in [1.807, 2.05) is 11.4 Å². The zero-order valence-corrected chi connectivity index (χ0v) is 9.20. The summed E-state index contributed by atoms with van der Waals surface area (Å²) in [6, 6.07) is 1.91. The van der Waals surface area contributed by atoms with Crippen molar-refractivity contribution < 1.29 is 9.90 Å². The molecule has 1 aromatic heterocycles. The molecule has 1 aliphatic carbocycles. The molecule has 1 heterocycles. The quantitative estimate of drug-likeness (QED) is 0.865. The number of aliphatic carboxylic acids is 1. The van der Waals surface area contributed by atoms with Gasteiger partial charge in [0.2, 0.25) is 0 Å². The van der Waals surface area contributed by atoms with E-state index in [0.717, 1.165) is 29.2 Å². The van der Waals surface area contributed by atoms with Gasteiger partial charge < -0.3 is 5.11 Å². The van der Waals surface area contributed by atoms with Gasteiger partial charge in [0, 0.05) is 15.7 Å². The summed E-state index contributed by atoms with van der Waals surface area (Å²) in [7, 11) is 0. The second-order valence-electron chi connectivity index (χ2n) is 3.83. The summed E-state index contributed by atoms with van der Waals surface area (Å²) in [5.41, 5.74) is -0.107. The first-order valence-electron chi connectivity index (χ1n) is 4.59. The topological polar surface area (TPSA) is 37.3 Å². The molecule has 1 saturated carbocycles. The first kappa shape index (κ1) is 9.99. The lowest BCUT2D eigenvalue weighted by Gasteiger charge is -2.40. The second-order valence-corrected chi connectivity index (χ2v) is 5.18. The van der Waals surface area contributed by atoms with Crippen molar-refractivity contribution in [1.29, 1.82) is 0 Å². The van der Waals surface area contributed by atoms with Gasteiger partial charge in [-0.3, -0.25) is 4.79 Å². The molecule has 76 valence electrons. The van der Waals surface area contributed by atoms with E-state index in [1.165, 1.54) is 0 Å². The highest BCUT2D eigenvalue weighted by Gasteiger charge is 2.41. The van der Waals surface area contributed by atoms with Crippen molar-refractivity contribution in [2.24, 2.45) is 0 Å². The number of thiophene rings is 1. The first-order chi connectivity index (χ1) is 6.62. The van der Waals surface area contributed by atoms with E-state index < -0.39 is 5.97 Å². The zero-order valence-electron chi connectivity index (χ0n) is 7.62. The molecule has 1 aromatic rings. The fraction of sp³-hybridized carbons (Fsp3) is 0.500. The number of halogens is 1. The molecule has 0 aromatic carbocycles. The van der Waals surface area contributed by atoms with E-state index in [-0.39, 0.29) is 11.8 Å². The van der Waals surface area contributed by atoms with Gasteiger partial charge in [-0.1, -0.05) is 18.0 Å². The first-order valence-corrected chi connectivity index (χ1v) is 5.84. The van der Waals surface area contributed by atoms with Crippen LogP contribution in [0.2, 0.25) is 5.02 Å². The molecular weight excluding hydrogens is 220 g/mol. The normalized spacial score (nSPS) is 18.9. The van der Waals surface area contributed by atoms with Crippen molar-refractivity contribution in [3.05, 3.63) is 21.3 Å². The second kappa shape index (κ2) is 3.55. The van der Waals surface area contributed by atoms with E-state index in [1.54, 1.807) is 11.3 Å². The van der Waals surface area contributed by atoms with Gasteiger partial charge in [0.15, 0.2) is 0 Å². The minimum absolute atomic E-state index is 0.107. The highest BCUT2D eigenvalue weighted by Crippen LogP contribution is 2.49. The molecule has 0 amide bonds. The van der Waals surface area contributed by atoms with Gasteiger partial charge in [-0.05, 0) is 18.9 Å². The Morgan fingerprint density at radius 3 is 2.71 bits per heavy atom. The monoisotopic (exact) mass is 230 g/mol. The smallest absolute Gasteiger partial charge is 0.304 e. The highest BCUT2D eigenvalue weighted by molar-refractivity contribution is 7.10. The van der Waals surface area contributed by atoms with Crippen molar-refractivity contribution in [2.45, 2.75) is 31.1 Å². The lowest BCUT2D eigenvalue weighted by atomic mass is 9.66. The number of carbonyl (C=O) groups is 1. The molecule has 1 aliphatic rings. The molecule has 4 heteroatoms. The standard InChI is InChI=1S/C10H11ClO2S/c11-7-4-8(14-6-7)10(2-1-3-10)5-9(12)13/h4,6H,1-3,5H2,(H,12,13). The Kier molecular flexibility index (Phi) is 2.54. The fourth-order valence-corrected chi connectivity index (χ4v) is 3.33. The predicted octanol–water partition coefficient (Wildman–Crippen LogP) is 3.30. The number of hydrogen-bond acceptors (Lipinski definition) is 2. The molecule has 0 saturated heterocycles. The van der Waals surface area contributed by atoms with Crippen LogP contribution in [0.5, 0.6) is 0 Å².